The Kier molecular flexibility index (Phi) is 6.40. The van der Waals surface area contributed by atoms with Crippen LogP contribution in [0.15, 0.2) is 24.3 Å². The Labute approximate surface area is 179 Å². The molecule has 2 atom stereocenters. The summed E-state index contributed by atoms with van der Waals surface area (Å²) in [7, 11) is 0. The molecule has 2 saturated heterocycles. The molecule has 2 aromatic rings. The first kappa shape index (κ1) is 20.9. The van der Waals surface area contributed by atoms with E-state index >= 15 is 0 Å². The number of para-hydroxylation sites is 2. The molecule has 3 heterocycles. The molecule has 0 N–H and O–H groups in total. The molecule has 6 nitrogen and oxygen atoms in total. The minimum atomic E-state index is -0.145. The highest BCUT2D eigenvalue weighted by molar-refractivity contribution is 5.82. The van der Waals surface area contributed by atoms with E-state index in [1.807, 2.05) is 36.9 Å². The maximum absolute atomic E-state index is 13.2. The Morgan fingerprint density at radius 2 is 1.73 bits per heavy atom. The molecule has 2 aliphatic heterocycles. The van der Waals surface area contributed by atoms with Crippen LogP contribution in [0.25, 0.3) is 11.0 Å². The first-order valence-corrected chi connectivity index (χ1v) is 11.5. The maximum atomic E-state index is 13.2. The van der Waals surface area contributed by atoms with E-state index in [0.29, 0.717) is 13.1 Å². The number of nitrogens with zero attached hydrogens (tertiary/aromatic N) is 4. The number of piperidine rings is 1. The summed E-state index contributed by atoms with van der Waals surface area (Å²) in [6.45, 7) is 7.70. The molecule has 2 amide bonds. The molecule has 0 spiro atoms. The van der Waals surface area contributed by atoms with E-state index in [4.69, 9.17) is 0 Å². The summed E-state index contributed by atoms with van der Waals surface area (Å²) in [5.74, 6) is 1.17. The molecular weight excluding hydrogens is 376 g/mol. The van der Waals surface area contributed by atoms with Crippen LogP contribution < -0.4 is 0 Å². The molecule has 1 aromatic carbocycles. The Morgan fingerprint density at radius 3 is 2.50 bits per heavy atom. The number of hydrogen-bond acceptors (Lipinski definition) is 3. The third-order valence-corrected chi connectivity index (χ3v) is 6.72. The Hall–Kier alpha value is -2.37. The van der Waals surface area contributed by atoms with Crippen LogP contribution in [-0.4, -0.2) is 57.3 Å². The zero-order chi connectivity index (χ0) is 21.1. The summed E-state index contributed by atoms with van der Waals surface area (Å²) in [5, 5.41) is 0. The third-order valence-electron chi connectivity index (χ3n) is 6.72. The van der Waals surface area contributed by atoms with Crippen molar-refractivity contribution in [1.82, 2.24) is 19.4 Å². The van der Waals surface area contributed by atoms with Crippen molar-refractivity contribution in [2.75, 3.05) is 26.2 Å². The first-order valence-electron chi connectivity index (χ1n) is 11.5. The normalized spacial score (nSPS) is 21.5. The van der Waals surface area contributed by atoms with Crippen molar-refractivity contribution in [2.24, 2.45) is 11.8 Å². The SMILES string of the molecule is Cc1nc2ccccc2n1C[C@@H](C)C(=O)N1CCC[C@@H](C(=O)N2CCCCCC2)C1. The van der Waals surface area contributed by atoms with Gasteiger partial charge in [0.15, 0.2) is 0 Å². The van der Waals surface area contributed by atoms with E-state index in [0.717, 1.165) is 62.2 Å². The Bertz CT molecular complexity index is 898. The monoisotopic (exact) mass is 410 g/mol. The second kappa shape index (κ2) is 9.19. The molecule has 6 heteroatoms. The number of fused-ring (bicyclic) bond motifs is 1. The van der Waals surface area contributed by atoms with Crippen molar-refractivity contribution >= 4 is 22.8 Å². The van der Waals surface area contributed by atoms with Gasteiger partial charge in [0, 0.05) is 32.7 Å². The second-order valence-electron chi connectivity index (χ2n) is 9.02. The van der Waals surface area contributed by atoms with Gasteiger partial charge in [0.25, 0.3) is 0 Å². The zero-order valence-electron chi connectivity index (χ0n) is 18.3. The van der Waals surface area contributed by atoms with Crippen LogP contribution in [0.1, 0.15) is 51.3 Å². The number of rotatable bonds is 4. The van der Waals surface area contributed by atoms with E-state index in [2.05, 4.69) is 20.5 Å². The quantitative estimate of drug-likeness (QED) is 0.773. The number of carbonyl (C=O) groups is 2. The largest absolute Gasteiger partial charge is 0.342 e. The summed E-state index contributed by atoms with van der Waals surface area (Å²) in [6, 6.07) is 8.07. The zero-order valence-corrected chi connectivity index (χ0v) is 18.3. The number of imidazole rings is 1. The number of carbonyl (C=O) groups excluding carboxylic acids is 2. The van der Waals surface area contributed by atoms with Crippen molar-refractivity contribution in [3.05, 3.63) is 30.1 Å². The molecule has 0 saturated carbocycles. The van der Waals surface area contributed by atoms with Gasteiger partial charge in [-0.05, 0) is 44.7 Å². The van der Waals surface area contributed by atoms with Crippen LogP contribution in [0.4, 0.5) is 0 Å². The van der Waals surface area contributed by atoms with Gasteiger partial charge in [0.2, 0.25) is 11.8 Å². The fourth-order valence-electron chi connectivity index (χ4n) is 5.02. The van der Waals surface area contributed by atoms with Crippen molar-refractivity contribution in [3.63, 3.8) is 0 Å². The van der Waals surface area contributed by atoms with Crippen LogP contribution >= 0.6 is 0 Å². The summed E-state index contributed by atoms with van der Waals surface area (Å²) in [5.41, 5.74) is 2.04. The fourth-order valence-corrected chi connectivity index (χ4v) is 5.02. The molecule has 1 aromatic heterocycles. The molecule has 30 heavy (non-hydrogen) atoms. The highest BCUT2D eigenvalue weighted by atomic mass is 16.2. The number of likely N-dealkylation sites (tertiary alicyclic amines) is 2. The molecule has 4 rings (SSSR count). The highest BCUT2D eigenvalue weighted by Crippen LogP contribution is 2.24. The average Bonchev–Trinajstić information content (AvgIpc) is 2.93. The number of aromatic nitrogens is 2. The van der Waals surface area contributed by atoms with Gasteiger partial charge < -0.3 is 14.4 Å². The van der Waals surface area contributed by atoms with Gasteiger partial charge in [-0.1, -0.05) is 31.9 Å². The number of aryl methyl sites for hydroxylation is 1. The predicted molar refractivity (Wildman–Crippen MR) is 118 cm³/mol. The fraction of sp³-hybridized carbons (Fsp3) is 0.625. The Morgan fingerprint density at radius 1 is 1.03 bits per heavy atom. The van der Waals surface area contributed by atoms with Gasteiger partial charge in [0.1, 0.15) is 5.82 Å². The standard InChI is InChI=1S/C24H34N4O2/c1-18(16-28-19(2)25-21-11-5-6-12-22(21)28)23(29)27-15-9-10-20(17-27)24(30)26-13-7-3-4-8-14-26/h5-6,11-12,18,20H,3-4,7-10,13-17H2,1-2H3/t18-,20-/m1/s1. The van der Waals surface area contributed by atoms with E-state index in [-0.39, 0.29) is 23.7 Å². The van der Waals surface area contributed by atoms with Crippen LogP contribution in [0, 0.1) is 18.8 Å². The van der Waals surface area contributed by atoms with Crippen LogP contribution in [0.5, 0.6) is 0 Å². The maximum Gasteiger partial charge on any atom is 0.227 e. The first-order chi connectivity index (χ1) is 14.5. The third kappa shape index (κ3) is 4.37. The smallest absolute Gasteiger partial charge is 0.227 e. The molecule has 2 fully saturated rings. The number of hydrogen-bond donors (Lipinski definition) is 0. The topological polar surface area (TPSA) is 58.4 Å². The summed E-state index contributed by atoms with van der Waals surface area (Å²) < 4.78 is 2.14. The van der Waals surface area contributed by atoms with Crippen LogP contribution in [0.2, 0.25) is 0 Å². The lowest BCUT2D eigenvalue weighted by molar-refractivity contribution is -0.142. The summed E-state index contributed by atoms with van der Waals surface area (Å²) >= 11 is 0. The number of benzene rings is 1. The molecular formula is C24H34N4O2. The Balaban J connectivity index is 1.41. The highest BCUT2D eigenvalue weighted by Gasteiger charge is 2.33. The van der Waals surface area contributed by atoms with Gasteiger partial charge in [-0.25, -0.2) is 4.98 Å². The van der Waals surface area contributed by atoms with Gasteiger partial charge in [0.05, 0.1) is 22.9 Å². The molecule has 162 valence electrons. The van der Waals surface area contributed by atoms with Crippen molar-refractivity contribution < 1.29 is 9.59 Å². The second-order valence-corrected chi connectivity index (χ2v) is 9.02. The van der Waals surface area contributed by atoms with E-state index in [1.54, 1.807) is 0 Å². The lowest BCUT2D eigenvalue weighted by atomic mass is 9.95. The van der Waals surface area contributed by atoms with Gasteiger partial charge in [-0.2, -0.15) is 0 Å². The molecule has 0 bridgehead atoms. The number of amides is 2. The molecule has 0 unspecified atom stereocenters. The average molecular weight is 411 g/mol. The van der Waals surface area contributed by atoms with Gasteiger partial charge >= 0.3 is 0 Å². The predicted octanol–water partition coefficient (Wildman–Crippen LogP) is 3.62. The lowest BCUT2D eigenvalue weighted by Gasteiger charge is -2.36. The van der Waals surface area contributed by atoms with Gasteiger partial charge in [-0.3, -0.25) is 9.59 Å². The van der Waals surface area contributed by atoms with Crippen molar-refractivity contribution in [2.45, 2.75) is 58.9 Å². The lowest BCUT2D eigenvalue weighted by Crippen LogP contribution is -2.48. The van der Waals surface area contributed by atoms with E-state index in [1.165, 1.54) is 12.8 Å². The molecule has 2 aliphatic rings. The molecule has 0 radical (unpaired) electrons. The van der Waals surface area contributed by atoms with Gasteiger partial charge in [-0.15, -0.1) is 0 Å². The summed E-state index contributed by atoms with van der Waals surface area (Å²) in [4.78, 5) is 34.9. The summed E-state index contributed by atoms with van der Waals surface area (Å²) in [6.07, 6.45) is 6.47. The van der Waals surface area contributed by atoms with Crippen LogP contribution in [0.3, 0.4) is 0 Å². The van der Waals surface area contributed by atoms with E-state index in [9.17, 15) is 9.59 Å². The molecule has 0 aliphatic carbocycles. The van der Waals surface area contributed by atoms with Crippen molar-refractivity contribution in [1.29, 1.82) is 0 Å². The van der Waals surface area contributed by atoms with Crippen LogP contribution in [-0.2, 0) is 16.1 Å². The van der Waals surface area contributed by atoms with E-state index < -0.39 is 0 Å². The van der Waals surface area contributed by atoms with Crippen molar-refractivity contribution in [3.8, 4) is 0 Å². The minimum absolute atomic E-state index is 0.0381. The minimum Gasteiger partial charge on any atom is -0.342 e.